The van der Waals surface area contributed by atoms with E-state index in [1.165, 1.54) is 31.4 Å². The van der Waals surface area contributed by atoms with Crippen LogP contribution in [0.15, 0.2) is 35.3 Å². The summed E-state index contributed by atoms with van der Waals surface area (Å²) in [5, 5.41) is 0. The van der Waals surface area contributed by atoms with Crippen LogP contribution in [0.1, 0.15) is 32.1 Å². The van der Waals surface area contributed by atoms with Crippen molar-refractivity contribution in [2.45, 2.75) is 32.1 Å². The second kappa shape index (κ2) is 11.4. The van der Waals surface area contributed by atoms with Crippen LogP contribution in [-0.4, -0.2) is 67.5 Å². The van der Waals surface area contributed by atoms with Gasteiger partial charge in [-0.1, -0.05) is 31.0 Å². The van der Waals surface area contributed by atoms with E-state index in [-0.39, 0.29) is 29.9 Å². The lowest BCUT2D eigenvalue weighted by molar-refractivity contribution is -0.131. The molecule has 2 heterocycles. The molecule has 2 aliphatic rings. The summed E-state index contributed by atoms with van der Waals surface area (Å²) in [5.74, 6) is 0.790. The number of carbonyl (C=O) groups excluding carboxylic acids is 1. The molecule has 0 bridgehead atoms. The quantitative estimate of drug-likeness (QED) is 0.405. The van der Waals surface area contributed by atoms with Gasteiger partial charge < -0.3 is 20.4 Å². The highest BCUT2D eigenvalue weighted by Crippen LogP contribution is 2.16. The number of hydrogen-bond donors (Lipinski definition) is 1. The van der Waals surface area contributed by atoms with Crippen molar-refractivity contribution in [2.75, 3.05) is 50.7 Å². The smallest absolute Gasteiger partial charge is 0.224 e. The van der Waals surface area contributed by atoms with Gasteiger partial charge >= 0.3 is 0 Å². The summed E-state index contributed by atoms with van der Waals surface area (Å²) in [5.41, 5.74) is 7.34. The fraction of sp³-hybridized carbons (Fsp3) is 0.600. The molecule has 150 valence electrons. The number of halogens is 1. The molecule has 0 radical (unpaired) electrons. The Kier molecular flexibility index (Phi) is 9.17. The zero-order chi connectivity index (χ0) is 18.2. The lowest BCUT2D eigenvalue weighted by Gasteiger charge is -2.36. The molecule has 27 heavy (non-hydrogen) atoms. The van der Waals surface area contributed by atoms with Crippen molar-refractivity contribution >= 4 is 41.5 Å². The molecular weight excluding hydrogens is 453 g/mol. The van der Waals surface area contributed by atoms with Gasteiger partial charge in [-0.15, -0.1) is 24.0 Å². The van der Waals surface area contributed by atoms with Crippen LogP contribution < -0.4 is 10.6 Å². The minimum absolute atomic E-state index is 0. The molecule has 2 saturated heterocycles. The molecule has 7 heteroatoms. The minimum atomic E-state index is 0. The van der Waals surface area contributed by atoms with Crippen molar-refractivity contribution in [3.63, 3.8) is 0 Å². The summed E-state index contributed by atoms with van der Waals surface area (Å²) in [6.07, 6.45) is 5.36. The maximum atomic E-state index is 12.4. The number of amides is 1. The number of aliphatic imine (C=N–C) groups is 1. The monoisotopic (exact) mass is 485 g/mol. The lowest BCUT2D eigenvalue weighted by atomic mass is 10.2. The topological polar surface area (TPSA) is 65.2 Å². The Morgan fingerprint density at radius 1 is 0.889 bits per heavy atom. The van der Waals surface area contributed by atoms with Crippen molar-refractivity contribution in [2.24, 2.45) is 10.7 Å². The molecule has 0 saturated carbocycles. The molecule has 6 nitrogen and oxygen atoms in total. The fourth-order valence-corrected chi connectivity index (χ4v) is 3.68. The van der Waals surface area contributed by atoms with E-state index in [0.717, 1.165) is 39.3 Å². The average molecular weight is 485 g/mol. The largest absolute Gasteiger partial charge is 0.370 e. The number of likely N-dealkylation sites (tertiary alicyclic amines) is 1. The van der Waals surface area contributed by atoms with Gasteiger partial charge in [0.1, 0.15) is 0 Å². The third-order valence-corrected chi connectivity index (χ3v) is 5.28. The van der Waals surface area contributed by atoms with Gasteiger partial charge in [-0.25, -0.2) is 0 Å². The van der Waals surface area contributed by atoms with E-state index >= 15 is 0 Å². The van der Waals surface area contributed by atoms with E-state index < -0.39 is 0 Å². The molecule has 3 rings (SSSR count). The zero-order valence-electron chi connectivity index (χ0n) is 16.1. The Bertz CT molecular complexity index is 594. The Balaban J connectivity index is 0.00000261. The number of benzene rings is 1. The molecule has 1 aromatic rings. The van der Waals surface area contributed by atoms with Gasteiger partial charge in [-0.05, 0) is 25.0 Å². The van der Waals surface area contributed by atoms with E-state index in [9.17, 15) is 4.79 Å². The number of hydrogen-bond acceptors (Lipinski definition) is 3. The van der Waals surface area contributed by atoms with Crippen molar-refractivity contribution in [3.8, 4) is 0 Å². The highest BCUT2D eigenvalue weighted by molar-refractivity contribution is 14.0. The molecule has 0 aliphatic carbocycles. The average Bonchev–Trinajstić information content (AvgIpc) is 2.98. The SMILES string of the molecule is I.NC(=NCCC(=O)N1CCN(c2ccccc2)CC1)N1CCCCCC1. The van der Waals surface area contributed by atoms with Crippen molar-refractivity contribution < 1.29 is 4.79 Å². The number of guanidine groups is 1. The van der Waals surface area contributed by atoms with Crippen LogP contribution in [0.5, 0.6) is 0 Å². The second-order valence-electron chi connectivity index (χ2n) is 7.09. The summed E-state index contributed by atoms with van der Waals surface area (Å²) < 4.78 is 0. The molecule has 0 unspecified atom stereocenters. The summed E-state index contributed by atoms with van der Waals surface area (Å²) in [4.78, 5) is 23.3. The Labute approximate surface area is 179 Å². The number of carbonyl (C=O) groups is 1. The summed E-state index contributed by atoms with van der Waals surface area (Å²) >= 11 is 0. The van der Waals surface area contributed by atoms with Crippen LogP contribution in [0, 0.1) is 0 Å². The summed E-state index contributed by atoms with van der Waals surface area (Å²) in [7, 11) is 0. The molecule has 2 fully saturated rings. The molecular formula is C20H32IN5O. The summed E-state index contributed by atoms with van der Waals surface area (Å²) in [6.45, 7) is 5.79. The van der Waals surface area contributed by atoms with Gasteiger partial charge in [0.15, 0.2) is 5.96 Å². The number of piperazine rings is 1. The first-order valence-electron chi connectivity index (χ1n) is 9.87. The van der Waals surface area contributed by atoms with Crippen molar-refractivity contribution in [1.82, 2.24) is 9.80 Å². The fourth-order valence-electron chi connectivity index (χ4n) is 3.68. The zero-order valence-corrected chi connectivity index (χ0v) is 18.4. The van der Waals surface area contributed by atoms with Crippen LogP contribution in [0.3, 0.4) is 0 Å². The minimum Gasteiger partial charge on any atom is -0.370 e. The van der Waals surface area contributed by atoms with Crippen LogP contribution in [0.25, 0.3) is 0 Å². The number of anilines is 1. The van der Waals surface area contributed by atoms with Gasteiger partial charge in [-0.3, -0.25) is 9.79 Å². The molecule has 0 atom stereocenters. The molecule has 1 aromatic carbocycles. The van der Waals surface area contributed by atoms with E-state index in [0.29, 0.717) is 18.9 Å². The van der Waals surface area contributed by atoms with Crippen LogP contribution in [0.4, 0.5) is 5.69 Å². The van der Waals surface area contributed by atoms with Crippen LogP contribution >= 0.6 is 24.0 Å². The van der Waals surface area contributed by atoms with E-state index in [4.69, 9.17) is 5.73 Å². The van der Waals surface area contributed by atoms with Crippen LogP contribution in [-0.2, 0) is 4.79 Å². The van der Waals surface area contributed by atoms with E-state index in [1.807, 2.05) is 11.0 Å². The van der Waals surface area contributed by atoms with Crippen LogP contribution in [0.2, 0.25) is 0 Å². The number of nitrogens with zero attached hydrogens (tertiary/aromatic N) is 4. The third-order valence-electron chi connectivity index (χ3n) is 5.28. The molecule has 1 amide bonds. The first-order chi connectivity index (χ1) is 12.7. The summed E-state index contributed by atoms with van der Waals surface area (Å²) in [6, 6.07) is 10.4. The second-order valence-corrected chi connectivity index (χ2v) is 7.09. The molecule has 2 N–H and O–H groups in total. The Morgan fingerprint density at radius 3 is 2.15 bits per heavy atom. The highest BCUT2D eigenvalue weighted by Gasteiger charge is 2.21. The predicted molar refractivity (Wildman–Crippen MR) is 122 cm³/mol. The van der Waals surface area contributed by atoms with Gasteiger partial charge in [0, 0.05) is 51.4 Å². The molecule has 2 aliphatic heterocycles. The molecule has 0 aromatic heterocycles. The van der Waals surface area contributed by atoms with E-state index in [2.05, 4.69) is 39.1 Å². The Hall–Kier alpha value is -1.51. The molecule has 0 spiro atoms. The van der Waals surface area contributed by atoms with E-state index in [1.54, 1.807) is 0 Å². The number of rotatable bonds is 4. The number of para-hydroxylation sites is 1. The van der Waals surface area contributed by atoms with Crippen molar-refractivity contribution in [3.05, 3.63) is 30.3 Å². The Morgan fingerprint density at radius 2 is 1.52 bits per heavy atom. The van der Waals surface area contributed by atoms with Gasteiger partial charge in [0.05, 0.1) is 6.54 Å². The standard InChI is InChI=1S/C20H31N5O.HI/c21-20(25-12-6-1-2-7-13-25)22-11-10-19(26)24-16-14-23(15-17-24)18-8-4-3-5-9-18;/h3-5,8-9H,1-2,6-7,10-17H2,(H2,21,22);1H. The highest BCUT2D eigenvalue weighted by atomic mass is 127. The van der Waals surface area contributed by atoms with Gasteiger partial charge in [0.25, 0.3) is 0 Å². The third kappa shape index (κ3) is 6.55. The maximum Gasteiger partial charge on any atom is 0.224 e. The predicted octanol–water partition coefficient (Wildman–Crippen LogP) is 2.53. The first kappa shape index (κ1) is 21.8. The first-order valence-corrected chi connectivity index (χ1v) is 9.87. The lowest BCUT2D eigenvalue weighted by Crippen LogP contribution is -2.49. The maximum absolute atomic E-state index is 12.4. The van der Waals surface area contributed by atoms with Crippen molar-refractivity contribution in [1.29, 1.82) is 0 Å². The van der Waals surface area contributed by atoms with Gasteiger partial charge in [0.2, 0.25) is 5.91 Å². The van der Waals surface area contributed by atoms with Gasteiger partial charge in [-0.2, -0.15) is 0 Å². The normalized spacial score (nSPS) is 18.7. The number of nitrogens with two attached hydrogens (primary N) is 1.